The minimum atomic E-state index is -3.55. The van der Waals surface area contributed by atoms with E-state index in [1.165, 1.54) is 37.4 Å². The summed E-state index contributed by atoms with van der Waals surface area (Å²) < 4.78 is 25.7. The molecule has 0 spiro atoms. The molecule has 7 heteroatoms. The highest BCUT2D eigenvalue weighted by Crippen LogP contribution is 2.18. The number of nitrogens with two attached hydrogens (primary N) is 1. The number of amides is 1. The van der Waals surface area contributed by atoms with E-state index >= 15 is 0 Å². The molecular weight excluding hydrogens is 398 g/mol. The number of hydrogen-bond acceptors (Lipinski definition) is 3. The molecule has 3 N–H and O–H groups in total. The van der Waals surface area contributed by atoms with Gasteiger partial charge in [-0.25, -0.2) is 12.7 Å². The molecule has 0 aromatic heterocycles. The predicted octanol–water partition coefficient (Wildman–Crippen LogP) is 2.79. The van der Waals surface area contributed by atoms with Crippen molar-refractivity contribution in [2.75, 3.05) is 19.4 Å². The van der Waals surface area contributed by atoms with E-state index in [1.54, 1.807) is 12.1 Å². The summed E-state index contributed by atoms with van der Waals surface area (Å²) >= 11 is 0. The molecule has 2 atom stereocenters. The van der Waals surface area contributed by atoms with Crippen LogP contribution < -0.4 is 10.6 Å². The van der Waals surface area contributed by atoms with Gasteiger partial charge in [-0.1, -0.05) is 44.2 Å². The molecule has 0 saturated heterocycles. The van der Waals surface area contributed by atoms with Gasteiger partial charge in [0, 0.05) is 25.3 Å². The van der Waals surface area contributed by atoms with Gasteiger partial charge in [0.2, 0.25) is 10.0 Å². The fourth-order valence-corrected chi connectivity index (χ4v) is 4.21. The number of benzene rings is 2. The molecule has 2 aromatic carbocycles. The monoisotopic (exact) mass is 432 g/mol. The first kappa shape index (κ1) is 24.1. The van der Waals surface area contributed by atoms with Gasteiger partial charge in [-0.3, -0.25) is 4.79 Å². The van der Waals surface area contributed by atoms with Crippen LogP contribution in [0, 0.1) is 5.92 Å². The Bertz CT molecular complexity index is 954. The van der Waals surface area contributed by atoms with Crippen molar-refractivity contribution in [3.8, 4) is 0 Å². The number of nitrogens with zero attached hydrogens (tertiary/aromatic N) is 1. The van der Waals surface area contributed by atoms with Crippen molar-refractivity contribution >= 4 is 21.6 Å². The number of rotatable bonds is 9. The van der Waals surface area contributed by atoms with Crippen LogP contribution in [-0.4, -0.2) is 38.8 Å². The van der Waals surface area contributed by atoms with Gasteiger partial charge < -0.3 is 10.6 Å². The lowest BCUT2D eigenvalue weighted by Crippen LogP contribution is -2.91. The molecule has 30 heavy (non-hydrogen) atoms. The maximum Gasteiger partial charge on any atom is 0.282 e. The molecule has 0 aliphatic carbocycles. The summed E-state index contributed by atoms with van der Waals surface area (Å²) in [5.74, 6) is 0.451. The van der Waals surface area contributed by atoms with Crippen molar-refractivity contribution in [1.29, 1.82) is 0 Å². The van der Waals surface area contributed by atoms with Gasteiger partial charge in [-0.2, -0.15) is 0 Å². The molecule has 0 fully saturated rings. The smallest absolute Gasteiger partial charge is 0.282 e. The van der Waals surface area contributed by atoms with E-state index in [2.05, 4.69) is 50.4 Å². The van der Waals surface area contributed by atoms with Gasteiger partial charge in [0.1, 0.15) is 6.04 Å². The lowest BCUT2D eigenvalue weighted by atomic mass is 9.99. The summed E-state index contributed by atoms with van der Waals surface area (Å²) in [6.45, 7) is 8.33. The highest BCUT2D eigenvalue weighted by molar-refractivity contribution is 7.89. The average molecular weight is 433 g/mol. The molecule has 0 aliphatic rings. The molecule has 2 rings (SSSR count). The summed E-state index contributed by atoms with van der Waals surface area (Å²) in [4.78, 5) is 12.8. The van der Waals surface area contributed by atoms with Crippen molar-refractivity contribution in [3.05, 3.63) is 59.7 Å². The van der Waals surface area contributed by atoms with Crippen molar-refractivity contribution < 1.29 is 18.5 Å². The molecule has 0 unspecified atom stereocenters. The number of carbonyl (C=O) groups is 1. The van der Waals surface area contributed by atoms with Crippen molar-refractivity contribution in [3.63, 3.8) is 0 Å². The maximum absolute atomic E-state index is 12.6. The second-order valence-corrected chi connectivity index (χ2v) is 10.6. The molecule has 0 aliphatic heterocycles. The van der Waals surface area contributed by atoms with E-state index in [0.717, 1.165) is 10.7 Å². The second kappa shape index (κ2) is 10.2. The Morgan fingerprint density at radius 1 is 1.03 bits per heavy atom. The first-order chi connectivity index (χ1) is 14.0. The van der Waals surface area contributed by atoms with E-state index in [1.807, 2.05) is 12.2 Å². The zero-order valence-electron chi connectivity index (χ0n) is 18.7. The van der Waals surface area contributed by atoms with E-state index in [4.69, 9.17) is 0 Å². The fourth-order valence-electron chi connectivity index (χ4n) is 3.26. The molecule has 6 nitrogen and oxygen atoms in total. The molecule has 0 radical (unpaired) electrons. The van der Waals surface area contributed by atoms with Gasteiger partial charge in [-0.05, 0) is 49.9 Å². The van der Waals surface area contributed by atoms with Crippen molar-refractivity contribution in [1.82, 2.24) is 4.31 Å². The Morgan fingerprint density at radius 2 is 1.67 bits per heavy atom. The van der Waals surface area contributed by atoms with Gasteiger partial charge >= 0.3 is 0 Å². The largest absolute Gasteiger partial charge is 0.330 e. The third-order valence-electron chi connectivity index (χ3n) is 5.02. The van der Waals surface area contributed by atoms with Crippen LogP contribution in [0.25, 0.3) is 0 Å². The van der Waals surface area contributed by atoms with Crippen LogP contribution in [0.5, 0.6) is 0 Å². The molecule has 1 amide bonds. The summed E-state index contributed by atoms with van der Waals surface area (Å²) in [6, 6.07) is 14.7. The lowest BCUT2D eigenvalue weighted by molar-refractivity contribution is -0.709. The van der Waals surface area contributed by atoms with Crippen molar-refractivity contribution in [2.24, 2.45) is 5.92 Å². The number of sulfonamides is 1. The van der Waals surface area contributed by atoms with Crippen LogP contribution in [0.2, 0.25) is 0 Å². The van der Waals surface area contributed by atoms with Crippen LogP contribution in [0.3, 0.4) is 0 Å². The predicted molar refractivity (Wildman–Crippen MR) is 121 cm³/mol. The average Bonchev–Trinajstić information content (AvgIpc) is 2.68. The highest BCUT2D eigenvalue weighted by Gasteiger charge is 2.22. The Kier molecular flexibility index (Phi) is 8.18. The summed E-state index contributed by atoms with van der Waals surface area (Å²) in [5, 5.41) is 4.83. The number of anilines is 1. The normalized spacial score (nSPS) is 14.0. The quantitative estimate of drug-likeness (QED) is 0.639. The highest BCUT2D eigenvalue weighted by atomic mass is 32.2. The number of hydrogen-bond donors (Lipinski definition) is 2. The Labute approximate surface area is 180 Å². The Hall–Kier alpha value is -2.22. The third kappa shape index (κ3) is 6.39. The molecule has 0 heterocycles. The zero-order chi connectivity index (χ0) is 22.5. The second-order valence-electron chi connectivity index (χ2n) is 8.41. The fraction of sp³-hybridized carbons (Fsp3) is 0.435. The minimum absolute atomic E-state index is 0.124. The molecule has 0 saturated carbocycles. The van der Waals surface area contributed by atoms with Gasteiger partial charge in [-0.15, -0.1) is 0 Å². The molecule has 2 aromatic rings. The molecular formula is C23H34N3O3S+. The first-order valence-corrected chi connectivity index (χ1v) is 11.7. The number of carbonyl (C=O) groups excluding carboxylic acids is 1. The zero-order valence-corrected chi connectivity index (χ0v) is 19.5. The first-order valence-electron chi connectivity index (χ1n) is 10.3. The molecule has 0 bridgehead atoms. The lowest BCUT2D eigenvalue weighted by Gasteiger charge is -2.18. The van der Waals surface area contributed by atoms with Crippen LogP contribution in [0.15, 0.2) is 53.4 Å². The number of quaternary nitrogens is 1. The van der Waals surface area contributed by atoms with Gasteiger partial charge in [0.25, 0.3) is 5.91 Å². The maximum atomic E-state index is 12.6. The van der Waals surface area contributed by atoms with E-state index in [0.29, 0.717) is 11.6 Å². The third-order valence-corrected chi connectivity index (χ3v) is 6.83. The van der Waals surface area contributed by atoms with E-state index < -0.39 is 10.0 Å². The SMILES string of the molecule is CC(C)Cc1ccc([C@H](C)[NH2+][C@@H](C)C(=O)Nc2cccc(S(=O)(=O)N(C)C)c2)cc1. The van der Waals surface area contributed by atoms with E-state index in [9.17, 15) is 13.2 Å². The van der Waals surface area contributed by atoms with E-state index in [-0.39, 0.29) is 22.9 Å². The van der Waals surface area contributed by atoms with Crippen LogP contribution in [0.4, 0.5) is 5.69 Å². The summed E-state index contributed by atoms with van der Waals surface area (Å²) in [5.41, 5.74) is 2.95. The number of nitrogens with one attached hydrogen (secondary N) is 1. The molecule has 164 valence electrons. The van der Waals surface area contributed by atoms with Crippen LogP contribution >= 0.6 is 0 Å². The standard InChI is InChI=1S/C23H33N3O3S/c1-16(2)14-19-10-12-20(13-11-19)17(3)24-18(4)23(27)25-21-8-7-9-22(15-21)30(28,29)26(5)6/h7-13,15-18,24H,14H2,1-6H3,(H,25,27)/p+1/t17-,18-/m0/s1. The Balaban J connectivity index is 2.01. The topological polar surface area (TPSA) is 83.1 Å². The Morgan fingerprint density at radius 3 is 2.23 bits per heavy atom. The van der Waals surface area contributed by atoms with Gasteiger partial charge in [0.05, 0.1) is 4.90 Å². The van der Waals surface area contributed by atoms with Gasteiger partial charge in [0.15, 0.2) is 6.04 Å². The summed E-state index contributed by atoms with van der Waals surface area (Å²) in [7, 11) is -0.586. The summed E-state index contributed by atoms with van der Waals surface area (Å²) in [6.07, 6.45) is 1.06. The van der Waals surface area contributed by atoms with Crippen LogP contribution in [-0.2, 0) is 21.2 Å². The van der Waals surface area contributed by atoms with Crippen LogP contribution in [0.1, 0.15) is 44.9 Å². The van der Waals surface area contributed by atoms with Crippen molar-refractivity contribution in [2.45, 2.75) is 51.1 Å². The minimum Gasteiger partial charge on any atom is -0.330 e.